The van der Waals surface area contributed by atoms with Crippen molar-refractivity contribution >= 4 is 17.7 Å². The van der Waals surface area contributed by atoms with Crippen LogP contribution in [0.25, 0.3) is 6.08 Å². The van der Waals surface area contributed by atoms with Crippen LogP contribution in [-0.4, -0.2) is 47.8 Å². The molecule has 0 aliphatic carbocycles. The number of piperidine rings is 1. The van der Waals surface area contributed by atoms with E-state index in [1.165, 1.54) is 18.2 Å². The summed E-state index contributed by atoms with van der Waals surface area (Å²) in [6.45, 7) is 1.80. The minimum atomic E-state index is -0.450. The Morgan fingerprint density at radius 3 is 2.83 bits per heavy atom. The highest BCUT2D eigenvalue weighted by Gasteiger charge is 2.35. The Morgan fingerprint density at radius 2 is 2.08 bits per heavy atom. The van der Waals surface area contributed by atoms with Crippen LogP contribution in [0.1, 0.15) is 24.8 Å². The van der Waals surface area contributed by atoms with Gasteiger partial charge < -0.3 is 14.4 Å². The maximum atomic E-state index is 12.6. The lowest BCUT2D eigenvalue weighted by Crippen LogP contribution is -2.49. The molecular weight excluding hydrogens is 312 g/mol. The van der Waals surface area contributed by atoms with Crippen LogP contribution >= 0.6 is 0 Å². The quantitative estimate of drug-likeness (QED) is 0.480. The smallest absolute Gasteiger partial charge is 0.270 e. The molecule has 0 saturated carbocycles. The lowest BCUT2D eigenvalue weighted by Gasteiger charge is -2.37. The van der Waals surface area contributed by atoms with Gasteiger partial charge in [-0.15, -0.1) is 0 Å². The number of nitro benzene ring substituents is 1. The van der Waals surface area contributed by atoms with Gasteiger partial charge in [-0.05, 0) is 30.9 Å². The second kappa shape index (κ2) is 7.55. The Bertz CT molecular complexity index is 640. The van der Waals surface area contributed by atoms with Gasteiger partial charge in [0.2, 0.25) is 5.91 Å². The third-order valence-corrected chi connectivity index (χ3v) is 4.29. The van der Waals surface area contributed by atoms with E-state index in [4.69, 9.17) is 9.47 Å². The highest BCUT2D eigenvalue weighted by atomic mass is 16.7. The SMILES string of the molecule is O=C(/C=C\c1cccc([N+](=O)[O-])c1)N1CCCC[C@H]1C1OCCO1. The van der Waals surface area contributed by atoms with Gasteiger partial charge in [0, 0.05) is 24.8 Å². The summed E-state index contributed by atoms with van der Waals surface area (Å²) >= 11 is 0. The van der Waals surface area contributed by atoms with Crippen molar-refractivity contribution in [1.82, 2.24) is 4.90 Å². The first-order valence-corrected chi connectivity index (χ1v) is 8.11. The number of non-ortho nitro benzene ring substituents is 1. The molecule has 0 radical (unpaired) electrons. The van der Waals surface area contributed by atoms with Gasteiger partial charge in [0.15, 0.2) is 6.29 Å². The number of carbonyl (C=O) groups excluding carboxylic acids is 1. The predicted octanol–water partition coefficient (Wildman–Crippen LogP) is 2.36. The van der Waals surface area contributed by atoms with Crippen LogP contribution in [0, 0.1) is 10.1 Å². The lowest BCUT2D eigenvalue weighted by molar-refractivity contribution is -0.384. The number of nitro groups is 1. The molecule has 1 atom stereocenters. The molecule has 2 heterocycles. The molecule has 0 aromatic heterocycles. The first-order valence-electron chi connectivity index (χ1n) is 8.11. The number of nitrogens with zero attached hydrogens (tertiary/aromatic N) is 2. The summed E-state index contributed by atoms with van der Waals surface area (Å²) in [5, 5.41) is 10.8. The van der Waals surface area contributed by atoms with Crippen LogP contribution in [0.5, 0.6) is 0 Å². The van der Waals surface area contributed by atoms with Crippen LogP contribution < -0.4 is 0 Å². The third kappa shape index (κ3) is 3.80. The molecule has 0 spiro atoms. The molecule has 7 nitrogen and oxygen atoms in total. The molecule has 0 bridgehead atoms. The van der Waals surface area contributed by atoms with Crippen LogP contribution in [0.2, 0.25) is 0 Å². The van der Waals surface area contributed by atoms with E-state index < -0.39 is 4.92 Å². The molecule has 2 aliphatic heterocycles. The van der Waals surface area contributed by atoms with Gasteiger partial charge >= 0.3 is 0 Å². The summed E-state index contributed by atoms with van der Waals surface area (Å²) in [7, 11) is 0. The number of amides is 1. The molecule has 0 unspecified atom stereocenters. The number of hydrogen-bond acceptors (Lipinski definition) is 5. The fourth-order valence-corrected chi connectivity index (χ4v) is 3.12. The number of ether oxygens (including phenoxy) is 2. The van der Waals surface area contributed by atoms with Crippen molar-refractivity contribution in [3.8, 4) is 0 Å². The Hall–Kier alpha value is -2.25. The van der Waals surface area contributed by atoms with Gasteiger partial charge in [0.25, 0.3) is 5.69 Å². The minimum absolute atomic E-state index is 0.00760. The van der Waals surface area contributed by atoms with Crippen molar-refractivity contribution in [3.63, 3.8) is 0 Å². The van der Waals surface area contributed by atoms with Crippen LogP contribution in [0.15, 0.2) is 30.3 Å². The first kappa shape index (κ1) is 16.6. The lowest BCUT2D eigenvalue weighted by atomic mass is 10.0. The molecule has 3 rings (SSSR count). The molecule has 1 amide bonds. The second-order valence-electron chi connectivity index (χ2n) is 5.89. The summed E-state index contributed by atoms with van der Waals surface area (Å²) in [6.07, 6.45) is 5.59. The molecule has 7 heteroatoms. The summed E-state index contributed by atoms with van der Waals surface area (Å²) < 4.78 is 11.1. The minimum Gasteiger partial charge on any atom is -0.348 e. The second-order valence-corrected chi connectivity index (χ2v) is 5.89. The normalized spacial score (nSPS) is 22.2. The Morgan fingerprint density at radius 1 is 1.29 bits per heavy atom. The summed E-state index contributed by atoms with van der Waals surface area (Å²) in [5.74, 6) is -0.120. The molecule has 128 valence electrons. The molecule has 1 aromatic carbocycles. The van der Waals surface area contributed by atoms with E-state index in [0.29, 0.717) is 25.3 Å². The van der Waals surface area contributed by atoms with Gasteiger partial charge in [-0.25, -0.2) is 0 Å². The fourth-order valence-electron chi connectivity index (χ4n) is 3.12. The zero-order chi connectivity index (χ0) is 16.9. The van der Waals surface area contributed by atoms with Crippen LogP contribution in [0.4, 0.5) is 5.69 Å². The maximum Gasteiger partial charge on any atom is 0.270 e. The topological polar surface area (TPSA) is 81.9 Å². The standard InChI is InChI=1S/C17H20N2O5/c20-16(8-7-13-4-3-5-14(12-13)19(21)22)18-9-2-1-6-15(18)17-23-10-11-24-17/h3-5,7-8,12,15,17H,1-2,6,9-11H2/b8-7-/t15-/m0/s1. The van der Waals surface area contributed by atoms with Gasteiger partial charge in [-0.1, -0.05) is 12.1 Å². The van der Waals surface area contributed by atoms with Gasteiger partial charge in [0.1, 0.15) is 0 Å². The predicted molar refractivity (Wildman–Crippen MR) is 87.2 cm³/mol. The Balaban J connectivity index is 1.70. The number of benzene rings is 1. The number of hydrogen-bond donors (Lipinski definition) is 0. The highest BCUT2D eigenvalue weighted by molar-refractivity contribution is 5.92. The van der Waals surface area contributed by atoms with Crippen molar-refractivity contribution < 1.29 is 19.2 Å². The Labute approximate surface area is 140 Å². The van der Waals surface area contributed by atoms with Gasteiger partial charge in [0.05, 0.1) is 24.2 Å². The van der Waals surface area contributed by atoms with Crippen LogP contribution in [-0.2, 0) is 14.3 Å². The molecule has 2 aliphatic rings. The fraction of sp³-hybridized carbons (Fsp3) is 0.471. The zero-order valence-electron chi connectivity index (χ0n) is 13.3. The van der Waals surface area contributed by atoms with Gasteiger partial charge in [-0.2, -0.15) is 0 Å². The van der Waals surface area contributed by atoms with E-state index in [9.17, 15) is 14.9 Å². The van der Waals surface area contributed by atoms with E-state index in [1.807, 2.05) is 0 Å². The monoisotopic (exact) mass is 332 g/mol. The summed E-state index contributed by atoms with van der Waals surface area (Å²) in [5.41, 5.74) is 0.632. The van der Waals surface area contributed by atoms with Crippen molar-refractivity contribution in [2.45, 2.75) is 31.6 Å². The van der Waals surface area contributed by atoms with Crippen molar-refractivity contribution in [2.75, 3.05) is 19.8 Å². The molecule has 24 heavy (non-hydrogen) atoms. The van der Waals surface area contributed by atoms with E-state index in [1.54, 1.807) is 23.1 Å². The molecule has 0 N–H and O–H groups in total. The van der Waals surface area contributed by atoms with E-state index in [2.05, 4.69) is 0 Å². The molecule has 1 aromatic rings. The average Bonchev–Trinajstić information content (AvgIpc) is 3.14. The molecule has 2 saturated heterocycles. The first-order chi connectivity index (χ1) is 11.6. The zero-order valence-corrected chi connectivity index (χ0v) is 13.3. The van der Waals surface area contributed by atoms with Crippen molar-refractivity contribution in [3.05, 3.63) is 46.0 Å². The Kier molecular flexibility index (Phi) is 5.22. The third-order valence-electron chi connectivity index (χ3n) is 4.29. The van der Waals surface area contributed by atoms with Gasteiger partial charge in [-0.3, -0.25) is 14.9 Å². The summed E-state index contributed by atoms with van der Waals surface area (Å²) in [6, 6.07) is 6.14. The number of rotatable bonds is 4. The average molecular weight is 332 g/mol. The highest BCUT2D eigenvalue weighted by Crippen LogP contribution is 2.25. The number of likely N-dealkylation sites (tertiary alicyclic amines) is 1. The maximum absolute atomic E-state index is 12.6. The van der Waals surface area contributed by atoms with E-state index in [-0.39, 0.29) is 23.9 Å². The van der Waals surface area contributed by atoms with E-state index >= 15 is 0 Å². The number of carbonyl (C=O) groups is 1. The van der Waals surface area contributed by atoms with Crippen LogP contribution in [0.3, 0.4) is 0 Å². The van der Waals surface area contributed by atoms with Crippen molar-refractivity contribution in [1.29, 1.82) is 0 Å². The summed E-state index contributed by atoms with van der Waals surface area (Å²) in [4.78, 5) is 24.7. The largest absolute Gasteiger partial charge is 0.348 e. The molecular formula is C17H20N2O5. The molecule has 2 fully saturated rings. The van der Waals surface area contributed by atoms with Crippen molar-refractivity contribution in [2.24, 2.45) is 0 Å². The van der Waals surface area contributed by atoms with E-state index in [0.717, 1.165) is 19.3 Å².